The van der Waals surface area contributed by atoms with E-state index in [2.05, 4.69) is 23.1 Å². The Labute approximate surface area is 87.3 Å². The third-order valence-electron chi connectivity index (χ3n) is 1.55. The molecule has 0 saturated carbocycles. The smallest absolute Gasteiger partial charge is 0.185 e. The number of thiazole rings is 1. The Morgan fingerprint density at radius 3 is 3.08 bits per heavy atom. The number of nitrogens with one attached hydrogen (secondary N) is 1. The van der Waals surface area contributed by atoms with E-state index < -0.39 is 0 Å². The number of hydrogen-bond donors (Lipinski definition) is 1. The summed E-state index contributed by atoms with van der Waals surface area (Å²) in [5.41, 5.74) is 0. The molecule has 1 unspecified atom stereocenters. The summed E-state index contributed by atoms with van der Waals surface area (Å²) in [5, 5.41) is 6.23. The van der Waals surface area contributed by atoms with Crippen molar-refractivity contribution in [1.29, 1.82) is 0 Å². The maximum absolute atomic E-state index is 5.67. The summed E-state index contributed by atoms with van der Waals surface area (Å²) in [5.74, 6) is 2.67. The molecule has 0 aliphatic heterocycles. The molecule has 0 fully saturated rings. The number of terminal acetylenes is 1. The minimum Gasteiger partial charge on any atom is -0.348 e. The fourth-order valence-electron chi connectivity index (χ4n) is 0.955. The molecule has 1 aromatic rings. The highest BCUT2D eigenvalue weighted by atomic mass is 35.5. The van der Waals surface area contributed by atoms with E-state index in [1.807, 2.05) is 0 Å². The lowest BCUT2D eigenvalue weighted by Gasteiger charge is -2.09. The van der Waals surface area contributed by atoms with Crippen LogP contribution in [-0.2, 0) is 0 Å². The van der Waals surface area contributed by atoms with Crippen LogP contribution >= 0.6 is 22.9 Å². The van der Waals surface area contributed by atoms with Gasteiger partial charge in [0.25, 0.3) is 0 Å². The maximum Gasteiger partial charge on any atom is 0.185 e. The van der Waals surface area contributed by atoms with E-state index in [-0.39, 0.29) is 6.04 Å². The van der Waals surface area contributed by atoms with Crippen LogP contribution < -0.4 is 5.32 Å². The van der Waals surface area contributed by atoms with Crippen molar-refractivity contribution in [2.75, 3.05) is 5.32 Å². The first-order valence-corrected chi connectivity index (χ1v) is 5.35. The van der Waals surface area contributed by atoms with Gasteiger partial charge in [-0.2, -0.15) is 0 Å². The lowest BCUT2D eigenvalue weighted by molar-refractivity contribution is 0.755. The van der Waals surface area contributed by atoms with Gasteiger partial charge in [0.2, 0.25) is 0 Å². The summed E-state index contributed by atoms with van der Waals surface area (Å²) >= 11 is 7.14. The molecular formula is C9H11ClN2S. The third kappa shape index (κ3) is 3.25. The molecule has 1 aromatic heterocycles. The highest BCUT2D eigenvalue weighted by Gasteiger charge is 2.05. The molecule has 70 valence electrons. The Morgan fingerprint density at radius 1 is 1.85 bits per heavy atom. The van der Waals surface area contributed by atoms with Crippen LogP contribution in [-0.4, -0.2) is 11.0 Å². The molecule has 4 heteroatoms. The van der Waals surface area contributed by atoms with Crippen molar-refractivity contribution in [3.05, 3.63) is 10.5 Å². The fourth-order valence-corrected chi connectivity index (χ4v) is 1.85. The second kappa shape index (κ2) is 5.11. The third-order valence-corrected chi connectivity index (χ3v) is 2.65. The summed E-state index contributed by atoms with van der Waals surface area (Å²) in [4.78, 5) is 4.06. The predicted octanol–water partition coefficient (Wildman–Crippen LogP) is 3.01. The van der Waals surface area contributed by atoms with Gasteiger partial charge < -0.3 is 5.32 Å². The summed E-state index contributed by atoms with van der Waals surface area (Å²) in [6.45, 7) is 2.10. The molecule has 0 aromatic carbocycles. The van der Waals surface area contributed by atoms with E-state index in [9.17, 15) is 0 Å². The molecule has 1 atom stereocenters. The number of halogens is 1. The van der Waals surface area contributed by atoms with Gasteiger partial charge >= 0.3 is 0 Å². The molecule has 1 N–H and O–H groups in total. The van der Waals surface area contributed by atoms with Crippen molar-refractivity contribution >= 4 is 28.1 Å². The SMILES string of the molecule is C#CC(CCC)Nc1nc(Cl)cs1. The Hall–Kier alpha value is -0.720. The van der Waals surface area contributed by atoms with Gasteiger partial charge in [-0.25, -0.2) is 4.98 Å². The average Bonchev–Trinajstić information content (AvgIpc) is 2.50. The quantitative estimate of drug-likeness (QED) is 0.780. The van der Waals surface area contributed by atoms with Crippen molar-refractivity contribution < 1.29 is 0 Å². The van der Waals surface area contributed by atoms with E-state index in [4.69, 9.17) is 18.0 Å². The van der Waals surface area contributed by atoms with Crippen molar-refractivity contribution in [2.45, 2.75) is 25.8 Å². The van der Waals surface area contributed by atoms with Crippen molar-refractivity contribution in [3.63, 3.8) is 0 Å². The molecule has 0 spiro atoms. The van der Waals surface area contributed by atoms with Gasteiger partial charge in [0.15, 0.2) is 5.13 Å². The minimum absolute atomic E-state index is 0.0622. The number of anilines is 1. The van der Waals surface area contributed by atoms with Crippen molar-refractivity contribution in [2.24, 2.45) is 0 Å². The molecule has 13 heavy (non-hydrogen) atoms. The summed E-state index contributed by atoms with van der Waals surface area (Å²) < 4.78 is 0. The van der Waals surface area contributed by atoms with Gasteiger partial charge in [-0.15, -0.1) is 17.8 Å². The van der Waals surface area contributed by atoms with Crippen LogP contribution in [0.5, 0.6) is 0 Å². The lowest BCUT2D eigenvalue weighted by Crippen LogP contribution is -2.16. The van der Waals surface area contributed by atoms with Gasteiger partial charge in [-0.1, -0.05) is 30.9 Å². The van der Waals surface area contributed by atoms with Crippen LogP contribution in [0.4, 0.5) is 5.13 Å². The number of rotatable bonds is 4. The molecule has 0 radical (unpaired) electrons. The zero-order chi connectivity index (χ0) is 9.68. The first-order valence-electron chi connectivity index (χ1n) is 4.10. The van der Waals surface area contributed by atoms with Gasteiger partial charge in [-0.3, -0.25) is 0 Å². The zero-order valence-electron chi connectivity index (χ0n) is 7.38. The van der Waals surface area contributed by atoms with Gasteiger partial charge in [0, 0.05) is 5.38 Å². The molecule has 1 heterocycles. The topological polar surface area (TPSA) is 24.9 Å². The fraction of sp³-hybridized carbons (Fsp3) is 0.444. The zero-order valence-corrected chi connectivity index (χ0v) is 8.95. The molecule has 0 bridgehead atoms. The van der Waals surface area contributed by atoms with E-state index in [0.717, 1.165) is 18.0 Å². The Balaban J connectivity index is 2.52. The summed E-state index contributed by atoms with van der Waals surface area (Å²) in [6.07, 6.45) is 7.35. The minimum atomic E-state index is 0.0622. The van der Waals surface area contributed by atoms with E-state index >= 15 is 0 Å². The number of aromatic nitrogens is 1. The van der Waals surface area contributed by atoms with Crippen LogP contribution in [0.15, 0.2) is 5.38 Å². The second-order valence-corrected chi connectivity index (χ2v) is 3.87. The summed E-state index contributed by atoms with van der Waals surface area (Å²) in [6, 6.07) is 0.0622. The van der Waals surface area contributed by atoms with E-state index in [1.165, 1.54) is 11.3 Å². The van der Waals surface area contributed by atoms with Gasteiger partial charge in [0.1, 0.15) is 5.15 Å². The monoisotopic (exact) mass is 214 g/mol. The van der Waals surface area contributed by atoms with Crippen LogP contribution in [0.25, 0.3) is 0 Å². The summed E-state index contributed by atoms with van der Waals surface area (Å²) in [7, 11) is 0. The largest absolute Gasteiger partial charge is 0.348 e. The first-order chi connectivity index (χ1) is 6.26. The van der Waals surface area contributed by atoms with Crippen LogP contribution in [0.3, 0.4) is 0 Å². The van der Waals surface area contributed by atoms with Gasteiger partial charge in [-0.05, 0) is 6.42 Å². The lowest BCUT2D eigenvalue weighted by atomic mass is 10.2. The maximum atomic E-state index is 5.67. The average molecular weight is 215 g/mol. The van der Waals surface area contributed by atoms with E-state index in [1.54, 1.807) is 5.38 Å². The Bertz CT molecular complexity index is 303. The molecule has 0 aliphatic rings. The van der Waals surface area contributed by atoms with Crippen LogP contribution in [0, 0.1) is 12.3 Å². The number of nitrogens with zero attached hydrogens (tertiary/aromatic N) is 1. The van der Waals surface area contributed by atoms with Gasteiger partial charge in [0.05, 0.1) is 6.04 Å². The Kier molecular flexibility index (Phi) is 4.07. The highest BCUT2D eigenvalue weighted by molar-refractivity contribution is 7.14. The second-order valence-electron chi connectivity index (χ2n) is 2.63. The van der Waals surface area contributed by atoms with Crippen LogP contribution in [0.2, 0.25) is 5.15 Å². The normalized spacial score (nSPS) is 12.1. The van der Waals surface area contributed by atoms with Crippen molar-refractivity contribution in [3.8, 4) is 12.3 Å². The Morgan fingerprint density at radius 2 is 2.62 bits per heavy atom. The predicted molar refractivity (Wildman–Crippen MR) is 58.3 cm³/mol. The molecule has 0 saturated heterocycles. The standard InChI is InChI=1S/C9H11ClN2S/c1-3-5-7(4-2)11-9-12-8(10)6-13-9/h2,6-7H,3,5H2,1H3,(H,11,12). The molecule has 0 aliphatic carbocycles. The molecule has 0 amide bonds. The first kappa shape index (κ1) is 10.4. The van der Waals surface area contributed by atoms with Crippen molar-refractivity contribution in [1.82, 2.24) is 4.98 Å². The molecule has 1 rings (SSSR count). The number of hydrogen-bond acceptors (Lipinski definition) is 3. The van der Waals surface area contributed by atoms with E-state index in [0.29, 0.717) is 5.15 Å². The highest BCUT2D eigenvalue weighted by Crippen LogP contribution is 2.20. The molecule has 2 nitrogen and oxygen atoms in total. The molecular weight excluding hydrogens is 204 g/mol. The van der Waals surface area contributed by atoms with Crippen LogP contribution in [0.1, 0.15) is 19.8 Å².